The first-order valence-electron chi connectivity index (χ1n) is 8.85. The molecule has 0 saturated carbocycles. The van der Waals surface area contributed by atoms with Gasteiger partial charge in [-0.25, -0.2) is 0 Å². The molecular weight excluding hydrogens is 320 g/mol. The van der Waals surface area contributed by atoms with Crippen LogP contribution in [-0.2, 0) is 6.42 Å². The molecule has 1 aliphatic rings. The first-order chi connectivity index (χ1) is 11.9. The number of aromatic amines is 1. The lowest BCUT2D eigenvalue weighted by atomic mass is 9.93. The third-order valence-corrected chi connectivity index (χ3v) is 4.71. The molecule has 8 nitrogen and oxygen atoms in total. The smallest absolute Gasteiger partial charge is 0.269 e. The topological polar surface area (TPSA) is 114 Å². The maximum Gasteiger partial charge on any atom is 0.269 e. The lowest BCUT2D eigenvalue weighted by molar-refractivity contribution is 0.0995. The molecule has 1 saturated heterocycles. The number of hydrogen-bond acceptors (Lipinski definition) is 6. The number of likely N-dealkylation sites (tertiary alicyclic amines) is 1. The summed E-state index contributed by atoms with van der Waals surface area (Å²) in [4.78, 5) is 13.6. The van der Waals surface area contributed by atoms with Crippen molar-refractivity contribution in [1.29, 1.82) is 0 Å². The van der Waals surface area contributed by atoms with Crippen molar-refractivity contribution in [3.8, 4) is 0 Å². The highest BCUT2D eigenvalue weighted by Gasteiger charge is 2.29. The minimum atomic E-state index is -0.507. The van der Waals surface area contributed by atoms with Gasteiger partial charge in [0.15, 0.2) is 0 Å². The Balaban J connectivity index is 1.67. The highest BCUT2D eigenvalue weighted by Crippen LogP contribution is 2.31. The van der Waals surface area contributed by atoms with Crippen LogP contribution in [0.3, 0.4) is 0 Å². The fraction of sp³-hybridized carbons (Fsp3) is 0.647. The number of piperidine rings is 1. The second-order valence-corrected chi connectivity index (χ2v) is 7.21. The summed E-state index contributed by atoms with van der Waals surface area (Å²) in [6.07, 6.45) is 2.91. The molecule has 2 atom stereocenters. The number of rotatable bonds is 6. The van der Waals surface area contributed by atoms with E-state index in [9.17, 15) is 4.79 Å². The molecule has 1 amide bonds. The summed E-state index contributed by atoms with van der Waals surface area (Å²) in [6.45, 7) is 8.19. The Kier molecular flexibility index (Phi) is 5.17. The van der Waals surface area contributed by atoms with Crippen LogP contribution in [0.1, 0.15) is 73.5 Å². The van der Waals surface area contributed by atoms with E-state index in [2.05, 4.69) is 46.1 Å². The standard InChI is InChI=1S/C17H26N6O2/c1-10(2)7-15-21-22-17(25-15)11(3)23-6-4-5-12(9-23)13-8-14(16(18)24)20-19-13/h8,10-12H,4-7,9H2,1-3H3,(H2,18,24)(H,19,20)/t11-,12+/m0/s1. The van der Waals surface area contributed by atoms with Crippen LogP contribution in [0.15, 0.2) is 10.5 Å². The Bertz CT molecular complexity index is 722. The monoisotopic (exact) mass is 346 g/mol. The van der Waals surface area contributed by atoms with Crippen molar-refractivity contribution in [2.75, 3.05) is 13.1 Å². The zero-order chi connectivity index (χ0) is 18.0. The Morgan fingerprint density at radius 3 is 2.92 bits per heavy atom. The van der Waals surface area contributed by atoms with Crippen LogP contribution in [0.2, 0.25) is 0 Å². The van der Waals surface area contributed by atoms with E-state index in [1.54, 1.807) is 6.07 Å². The molecule has 3 heterocycles. The van der Waals surface area contributed by atoms with Crippen LogP contribution in [0.5, 0.6) is 0 Å². The molecule has 136 valence electrons. The number of amides is 1. The third-order valence-electron chi connectivity index (χ3n) is 4.71. The molecule has 1 aliphatic heterocycles. The number of aromatic nitrogens is 4. The van der Waals surface area contributed by atoms with Gasteiger partial charge in [-0.3, -0.25) is 14.8 Å². The molecule has 2 aromatic rings. The van der Waals surface area contributed by atoms with Gasteiger partial charge in [0.05, 0.1) is 6.04 Å². The molecule has 1 fully saturated rings. The lowest BCUT2D eigenvalue weighted by Gasteiger charge is -2.34. The third kappa shape index (κ3) is 4.07. The van der Waals surface area contributed by atoms with Crippen LogP contribution in [0.25, 0.3) is 0 Å². The van der Waals surface area contributed by atoms with Gasteiger partial charge < -0.3 is 10.2 Å². The Morgan fingerprint density at radius 2 is 2.24 bits per heavy atom. The summed E-state index contributed by atoms with van der Waals surface area (Å²) in [5.74, 6) is 1.63. The van der Waals surface area contributed by atoms with Gasteiger partial charge in [-0.15, -0.1) is 10.2 Å². The molecule has 0 bridgehead atoms. The molecule has 25 heavy (non-hydrogen) atoms. The number of primary amides is 1. The number of carbonyl (C=O) groups is 1. The van der Waals surface area contributed by atoms with Gasteiger partial charge in [-0.1, -0.05) is 13.8 Å². The maximum atomic E-state index is 11.2. The van der Waals surface area contributed by atoms with Gasteiger partial charge in [0.1, 0.15) is 5.69 Å². The largest absolute Gasteiger partial charge is 0.424 e. The second-order valence-electron chi connectivity index (χ2n) is 7.21. The van der Waals surface area contributed by atoms with Gasteiger partial charge in [0.2, 0.25) is 11.8 Å². The van der Waals surface area contributed by atoms with Crippen LogP contribution in [-0.4, -0.2) is 44.3 Å². The molecular formula is C17H26N6O2. The average molecular weight is 346 g/mol. The molecule has 0 aromatic carbocycles. The molecule has 0 spiro atoms. The summed E-state index contributed by atoms with van der Waals surface area (Å²) >= 11 is 0. The fourth-order valence-corrected chi connectivity index (χ4v) is 3.31. The van der Waals surface area contributed by atoms with Gasteiger partial charge in [-0.2, -0.15) is 5.10 Å². The van der Waals surface area contributed by atoms with Crippen molar-refractivity contribution >= 4 is 5.91 Å². The van der Waals surface area contributed by atoms with Crippen molar-refractivity contribution in [2.45, 2.75) is 52.0 Å². The highest BCUT2D eigenvalue weighted by atomic mass is 16.4. The quantitative estimate of drug-likeness (QED) is 0.827. The summed E-state index contributed by atoms with van der Waals surface area (Å²) in [5.41, 5.74) is 6.53. The first-order valence-corrected chi connectivity index (χ1v) is 8.85. The van der Waals surface area contributed by atoms with E-state index in [-0.39, 0.29) is 17.7 Å². The van der Waals surface area contributed by atoms with Gasteiger partial charge in [0.25, 0.3) is 5.91 Å². The minimum Gasteiger partial charge on any atom is -0.424 e. The number of nitrogens with two attached hydrogens (primary N) is 1. The van der Waals surface area contributed by atoms with E-state index in [4.69, 9.17) is 10.2 Å². The van der Waals surface area contributed by atoms with Crippen LogP contribution in [0, 0.1) is 5.92 Å². The maximum absolute atomic E-state index is 11.2. The highest BCUT2D eigenvalue weighted by molar-refractivity contribution is 5.90. The normalized spacial score (nSPS) is 20.1. The average Bonchev–Trinajstić information content (AvgIpc) is 3.23. The van der Waals surface area contributed by atoms with Gasteiger partial charge in [0, 0.05) is 24.6 Å². The number of hydrogen-bond donors (Lipinski definition) is 2. The molecule has 3 N–H and O–H groups in total. The zero-order valence-corrected chi connectivity index (χ0v) is 15.0. The Labute approximate surface area is 147 Å². The van der Waals surface area contributed by atoms with Crippen LogP contribution < -0.4 is 5.73 Å². The summed E-state index contributed by atoms with van der Waals surface area (Å²) in [6, 6.07) is 1.82. The Morgan fingerprint density at radius 1 is 1.44 bits per heavy atom. The van der Waals surface area contributed by atoms with Gasteiger partial charge in [-0.05, 0) is 38.3 Å². The number of H-pyrrole nitrogens is 1. The fourth-order valence-electron chi connectivity index (χ4n) is 3.31. The SMILES string of the molecule is CC(C)Cc1nnc([C@H](C)N2CCC[C@@H](c3cc(C(N)=O)n[nH]3)C2)o1. The van der Waals surface area contributed by atoms with Crippen molar-refractivity contribution in [1.82, 2.24) is 25.3 Å². The van der Waals surface area contributed by atoms with Crippen LogP contribution in [0.4, 0.5) is 0 Å². The predicted molar refractivity (Wildman–Crippen MR) is 91.9 cm³/mol. The van der Waals surface area contributed by atoms with E-state index in [0.717, 1.165) is 38.0 Å². The van der Waals surface area contributed by atoms with Crippen molar-refractivity contribution in [3.05, 3.63) is 29.2 Å². The summed E-state index contributed by atoms with van der Waals surface area (Å²) < 4.78 is 5.84. The first kappa shape index (κ1) is 17.6. The molecule has 0 aliphatic carbocycles. The Hall–Kier alpha value is -2.22. The van der Waals surface area contributed by atoms with E-state index in [1.807, 2.05) is 0 Å². The molecule has 3 rings (SSSR count). The van der Waals surface area contributed by atoms with Crippen molar-refractivity contribution < 1.29 is 9.21 Å². The van der Waals surface area contributed by atoms with E-state index in [1.165, 1.54) is 0 Å². The van der Waals surface area contributed by atoms with Crippen molar-refractivity contribution in [2.24, 2.45) is 11.7 Å². The van der Waals surface area contributed by atoms with Crippen LogP contribution >= 0.6 is 0 Å². The summed E-state index contributed by atoms with van der Waals surface area (Å²) in [7, 11) is 0. The van der Waals surface area contributed by atoms with E-state index in [0.29, 0.717) is 17.7 Å². The minimum absolute atomic E-state index is 0.0646. The molecule has 8 heteroatoms. The van der Waals surface area contributed by atoms with E-state index < -0.39 is 5.91 Å². The van der Waals surface area contributed by atoms with E-state index >= 15 is 0 Å². The number of nitrogens with zero attached hydrogens (tertiary/aromatic N) is 4. The predicted octanol–water partition coefficient (Wildman–Crippen LogP) is 2.03. The number of carbonyl (C=O) groups excluding carboxylic acids is 1. The molecule has 2 aromatic heterocycles. The molecule has 0 unspecified atom stereocenters. The zero-order valence-electron chi connectivity index (χ0n) is 15.0. The summed E-state index contributed by atoms with van der Waals surface area (Å²) in [5, 5.41) is 15.3. The van der Waals surface area contributed by atoms with Gasteiger partial charge >= 0.3 is 0 Å². The lowest BCUT2D eigenvalue weighted by Crippen LogP contribution is -2.36. The van der Waals surface area contributed by atoms with Crippen molar-refractivity contribution in [3.63, 3.8) is 0 Å². The number of nitrogens with one attached hydrogen (secondary N) is 1. The second kappa shape index (κ2) is 7.35. The molecule has 0 radical (unpaired) electrons.